The molecule has 4 nitrogen and oxygen atoms in total. The summed E-state index contributed by atoms with van der Waals surface area (Å²) in [6, 6.07) is 0. The highest BCUT2D eigenvalue weighted by atomic mass is 19.1. The molecule has 1 saturated heterocycles. The summed E-state index contributed by atoms with van der Waals surface area (Å²) in [4.78, 5) is 10.8. The molecule has 1 heterocycles. The van der Waals surface area contributed by atoms with Crippen molar-refractivity contribution in [3.63, 3.8) is 0 Å². The van der Waals surface area contributed by atoms with Crippen LogP contribution in [-0.4, -0.2) is 36.5 Å². The second-order valence-corrected chi connectivity index (χ2v) is 2.95. The molecule has 3 N–H and O–H groups in total. The number of carboxylic acids is 1. The molecule has 0 aromatic rings. The molecular formula is C7H13FN2O2. The van der Waals surface area contributed by atoms with Gasteiger partial charge in [-0.05, 0) is 25.9 Å². The predicted molar refractivity (Wildman–Crippen MR) is 41.6 cm³/mol. The van der Waals surface area contributed by atoms with Gasteiger partial charge >= 0.3 is 5.97 Å². The van der Waals surface area contributed by atoms with Gasteiger partial charge in [-0.1, -0.05) is 0 Å². The monoisotopic (exact) mass is 176 g/mol. The Morgan fingerprint density at radius 1 is 1.58 bits per heavy atom. The van der Waals surface area contributed by atoms with E-state index in [0.717, 1.165) is 0 Å². The van der Waals surface area contributed by atoms with Crippen LogP contribution in [0.15, 0.2) is 0 Å². The Morgan fingerprint density at radius 2 is 2.17 bits per heavy atom. The Balaban J connectivity index is 2.63. The lowest BCUT2D eigenvalue weighted by atomic mass is 9.89. The van der Waals surface area contributed by atoms with E-state index < -0.39 is 18.3 Å². The first-order valence-corrected chi connectivity index (χ1v) is 3.96. The molecular weight excluding hydrogens is 163 g/mol. The summed E-state index contributed by atoms with van der Waals surface area (Å²) in [5, 5.41) is 14.3. The van der Waals surface area contributed by atoms with Gasteiger partial charge in [-0.3, -0.25) is 10.1 Å². The number of hydrogen-bond acceptors (Lipinski definition) is 3. The number of nitrogens with one attached hydrogen (secondary N) is 2. The van der Waals surface area contributed by atoms with Crippen LogP contribution in [0.2, 0.25) is 0 Å². The second-order valence-electron chi connectivity index (χ2n) is 2.95. The highest BCUT2D eigenvalue weighted by molar-refractivity contribution is 5.79. The zero-order valence-corrected chi connectivity index (χ0v) is 6.77. The molecule has 1 aliphatic heterocycles. The summed E-state index contributed by atoms with van der Waals surface area (Å²) in [6.07, 6.45) is 0.874. The Kier molecular flexibility index (Phi) is 2.99. The number of aliphatic carboxylic acids is 1. The first kappa shape index (κ1) is 9.41. The molecule has 0 radical (unpaired) electrons. The van der Waals surface area contributed by atoms with Crippen LogP contribution in [0.1, 0.15) is 12.8 Å². The SMILES string of the molecule is O=C(O)C1(NCF)CCNCC1. The van der Waals surface area contributed by atoms with Gasteiger partial charge in [-0.2, -0.15) is 0 Å². The first-order chi connectivity index (χ1) is 5.71. The van der Waals surface area contributed by atoms with Crippen molar-refractivity contribution in [2.24, 2.45) is 0 Å². The van der Waals surface area contributed by atoms with Crippen LogP contribution in [0.5, 0.6) is 0 Å². The van der Waals surface area contributed by atoms with Crippen molar-refractivity contribution in [3.05, 3.63) is 0 Å². The third-order valence-electron chi connectivity index (χ3n) is 2.27. The Hall–Kier alpha value is -0.680. The van der Waals surface area contributed by atoms with Gasteiger partial charge in [0.1, 0.15) is 12.3 Å². The van der Waals surface area contributed by atoms with E-state index in [0.29, 0.717) is 25.9 Å². The minimum atomic E-state index is -1.04. The van der Waals surface area contributed by atoms with Crippen molar-refractivity contribution >= 4 is 5.97 Å². The maximum absolute atomic E-state index is 12.0. The number of alkyl halides is 1. The quantitative estimate of drug-likeness (QED) is 0.517. The fraction of sp³-hybridized carbons (Fsp3) is 0.857. The molecule has 1 fully saturated rings. The molecule has 0 amide bonds. The van der Waals surface area contributed by atoms with E-state index in [1.807, 2.05) is 0 Å². The van der Waals surface area contributed by atoms with Crippen molar-refractivity contribution in [2.45, 2.75) is 18.4 Å². The lowest BCUT2D eigenvalue weighted by Gasteiger charge is -2.33. The Bertz CT molecular complexity index is 163. The maximum atomic E-state index is 12.0. The average molecular weight is 176 g/mol. The lowest BCUT2D eigenvalue weighted by molar-refractivity contribution is -0.146. The molecule has 70 valence electrons. The molecule has 0 aromatic carbocycles. The minimum Gasteiger partial charge on any atom is -0.480 e. The predicted octanol–water partition coefficient (Wildman–Crippen LogP) is -0.290. The first-order valence-electron chi connectivity index (χ1n) is 3.96. The van der Waals surface area contributed by atoms with E-state index in [2.05, 4.69) is 10.6 Å². The summed E-state index contributed by atoms with van der Waals surface area (Å²) >= 11 is 0. The van der Waals surface area contributed by atoms with Crippen LogP contribution in [0, 0.1) is 0 Å². The highest BCUT2D eigenvalue weighted by Gasteiger charge is 2.38. The Labute approximate surface area is 70.1 Å². The van der Waals surface area contributed by atoms with Gasteiger partial charge in [0, 0.05) is 0 Å². The molecule has 0 saturated carbocycles. The fourth-order valence-corrected chi connectivity index (χ4v) is 1.45. The summed E-state index contributed by atoms with van der Waals surface area (Å²) in [6.45, 7) is 0.463. The molecule has 0 spiro atoms. The average Bonchev–Trinajstić information content (AvgIpc) is 2.06. The minimum absolute atomic E-state index is 0.437. The van der Waals surface area contributed by atoms with Crippen LogP contribution in [0.25, 0.3) is 0 Å². The summed E-state index contributed by atoms with van der Waals surface area (Å²) in [5.41, 5.74) is -1.04. The van der Waals surface area contributed by atoms with Crippen LogP contribution in [0.3, 0.4) is 0 Å². The molecule has 0 atom stereocenters. The third kappa shape index (κ3) is 1.73. The molecule has 0 unspecified atom stereocenters. The maximum Gasteiger partial charge on any atom is 0.324 e. The second kappa shape index (κ2) is 3.82. The van der Waals surface area contributed by atoms with Gasteiger partial charge in [-0.25, -0.2) is 4.39 Å². The van der Waals surface area contributed by atoms with E-state index in [1.54, 1.807) is 0 Å². The highest BCUT2D eigenvalue weighted by Crippen LogP contribution is 2.18. The number of hydrogen-bond donors (Lipinski definition) is 3. The van der Waals surface area contributed by atoms with E-state index >= 15 is 0 Å². The molecule has 12 heavy (non-hydrogen) atoms. The van der Waals surface area contributed by atoms with Crippen molar-refractivity contribution in [3.8, 4) is 0 Å². The zero-order chi connectivity index (χ0) is 9.03. The largest absolute Gasteiger partial charge is 0.480 e. The van der Waals surface area contributed by atoms with E-state index in [9.17, 15) is 9.18 Å². The molecule has 1 aliphatic rings. The third-order valence-corrected chi connectivity index (χ3v) is 2.27. The summed E-state index contributed by atoms with van der Waals surface area (Å²) in [5.74, 6) is -0.957. The zero-order valence-electron chi connectivity index (χ0n) is 6.77. The molecule has 1 rings (SSSR count). The van der Waals surface area contributed by atoms with Crippen molar-refractivity contribution in [1.29, 1.82) is 0 Å². The summed E-state index contributed by atoms with van der Waals surface area (Å²) in [7, 11) is 0. The topological polar surface area (TPSA) is 61.4 Å². The summed E-state index contributed by atoms with van der Waals surface area (Å²) < 4.78 is 12.0. The van der Waals surface area contributed by atoms with Crippen LogP contribution < -0.4 is 10.6 Å². The van der Waals surface area contributed by atoms with Gasteiger partial charge in [0.25, 0.3) is 0 Å². The molecule has 0 bridgehead atoms. The smallest absolute Gasteiger partial charge is 0.324 e. The number of halogens is 1. The van der Waals surface area contributed by atoms with Gasteiger partial charge in [-0.15, -0.1) is 0 Å². The van der Waals surface area contributed by atoms with E-state index in [4.69, 9.17) is 5.11 Å². The molecule has 0 aromatic heterocycles. The van der Waals surface area contributed by atoms with Crippen molar-refractivity contribution < 1.29 is 14.3 Å². The normalized spacial score (nSPS) is 22.1. The van der Waals surface area contributed by atoms with Crippen LogP contribution in [-0.2, 0) is 4.79 Å². The van der Waals surface area contributed by atoms with Crippen LogP contribution >= 0.6 is 0 Å². The molecule has 5 heteroatoms. The van der Waals surface area contributed by atoms with Crippen molar-refractivity contribution in [2.75, 3.05) is 19.9 Å². The standard InChI is InChI=1S/C7H13FN2O2/c8-5-10-7(6(11)12)1-3-9-4-2-7/h9-10H,1-5H2,(H,11,12). The lowest BCUT2D eigenvalue weighted by Crippen LogP contribution is -2.57. The Morgan fingerprint density at radius 3 is 2.58 bits per heavy atom. The van der Waals surface area contributed by atoms with Gasteiger partial charge in [0.15, 0.2) is 0 Å². The van der Waals surface area contributed by atoms with E-state index in [-0.39, 0.29) is 0 Å². The number of rotatable bonds is 3. The van der Waals surface area contributed by atoms with Crippen LogP contribution in [0.4, 0.5) is 4.39 Å². The number of piperidine rings is 1. The molecule has 0 aliphatic carbocycles. The number of carboxylic acid groups (broad SMARTS) is 1. The van der Waals surface area contributed by atoms with Gasteiger partial charge in [0.05, 0.1) is 0 Å². The van der Waals surface area contributed by atoms with Crippen molar-refractivity contribution in [1.82, 2.24) is 10.6 Å². The van der Waals surface area contributed by atoms with E-state index in [1.165, 1.54) is 0 Å². The fourth-order valence-electron chi connectivity index (χ4n) is 1.45. The van der Waals surface area contributed by atoms with Gasteiger partial charge < -0.3 is 10.4 Å². The van der Waals surface area contributed by atoms with Gasteiger partial charge in [0.2, 0.25) is 0 Å². The number of carbonyl (C=O) groups is 1.